The zero-order chi connectivity index (χ0) is 12.0. The third-order valence-electron chi connectivity index (χ3n) is 4.89. The Labute approximate surface area is 111 Å². The topological polar surface area (TPSA) is 41.5 Å². The molecule has 0 aromatic heterocycles. The number of hydrogen-bond acceptors (Lipinski definition) is 3. The number of piperidine rings is 1. The van der Waals surface area contributed by atoms with Gasteiger partial charge in [-0.05, 0) is 32.6 Å². The van der Waals surface area contributed by atoms with Gasteiger partial charge in [-0.25, -0.2) is 0 Å². The Morgan fingerprint density at radius 1 is 1.29 bits per heavy atom. The molecule has 2 heterocycles. The molecular weight excluding hydrogens is 282 g/mol. The van der Waals surface area contributed by atoms with Gasteiger partial charge in [-0.15, -0.1) is 0 Å². The Morgan fingerprint density at radius 2 is 2.12 bits per heavy atom. The van der Waals surface area contributed by atoms with Gasteiger partial charge < -0.3 is 15.2 Å². The molecule has 1 aliphatic carbocycles. The summed E-state index contributed by atoms with van der Waals surface area (Å²) < 4.78 is 6.09. The molecule has 6 unspecified atom stereocenters. The maximum absolute atomic E-state index is 9.29. The van der Waals surface area contributed by atoms with Gasteiger partial charge >= 0.3 is 0 Å². The Balaban J connectivity index is 1.78. The fourth-order valence-electron chi connectivity index (χ4n) is 4.02. The maximum atomic E-state index is 9.29. The van der Waals surface area contributed by atoms with E-state index in [4.69, 9.17) is 4.74 Å². The fraction of sp³-hybridized carbons (Fsp3) is 1.00. The number of rotatable bonds is 1. The minimum atomic E-state index is 0.0729. The molecule has 0 aromatic rings. The van der Waals surface area contributed by atoms with E-state index in [9.17, 15) is 5.11 Å². The van der Waals surface area contributed by atoms with E-state index in [0.717, 1.165) is 6.42 Å². The van der Waals surface area contributed by atoms with Crippen molar-refractivity contribution in [1.82, 2.24) is 5.32 Å². The van der Waals surface area contributed by atoms with Gasteiger partial charge in [-0.3, -0.25) is 0 Å². The number of aliphatic hydroxyl groups excluding tert-OH is 1. The average molecular weight is 304 g/mol. The summed E-state index contributed by atoms with van der Waals surface area (Å²) >= 11 is 3.76. The average Bonchev–Trinajstić information content (AvgIpc) is 2.75. The lowest BCUT2D eigenvalue weighted by Gasteiger charge is -2.47. The van der Waals surface area contributed by atoms with Crippen LogP contribution in [-0.2, 0) is 4.74 Å². The van der Waals surface area contributed by atoms with Crippen molar-refractivity contribution < 1.29 is 9.84 Å². The predicted molar refractivity (Wildman–Crippen MR) is 70.3 cm³/mol. The molecule has 0 bridgehead atoms. The summed E-state index contributed by atoms with van der Waals surface area (Å²) in [7, 11) is 0. The van der Waals surface area contributed by atoms with Gasteiger partial charge in [-0.1, -0.05) is 15.9 Å². The van der Waals surface area contributed by atoms with Crippen LogP contribution in [0.15, 0.2) is 0 Å². The number of hydrogen-bond donors (Lipinski definition) is 2. The summed E-state index contributed by atoms with van der Waals surface area (Å²) in [5.41, 5.74) is 0. The minimum Gasteiger partial charge on any atom is -0.394 e. The summed E-state index contributed by atoms with van der Waals surface area (Å²) in [6, 6.07) is 1.15. The van der Waals surface area contributed by atoms with E-state index in [1.807, 2.05) is 0 Å². The summed E-state index contributed by atoms with van der Waals surface area (Å²) in [5.74, 6) is 1.22. The van der Waals surface area contributed by atoms with Crippen molar-refractivity contribution in [3.63, 3.8) is 0 Å². The molecule has 0 aromatic carbocycles. The molecule has 0 spiro atoms. The van der Waals surface area contributed by atoms with E-state index in [0.29, 0.717) is 34.9 Å². The molecule has 98 valence electrons. The summed E-state index contributed by atoms with van der Waals surface area (Å²) in [6.45, 7) is 2.45. The number of nitrogens with one attached hydrogen (secondary N) is 1. The van der Waals surface area contributed by atoms with Crippen LogP contribution in [0, 0.1) is 11.8 Å². The highest BCUT2D eigenvalue weighted by Crippen LogP contribution is 2.44. The molecule has 3 nitrogen and oxygen atoms in total. The minimum absolute atomic E-state index is 0.0729. The Kier molecular flexibility index (Phi) is 3.50. The monoisotopic (exact) mass is 303 g/mol. The van der Waals surface area contributed by atoms with Gasteiger partial charge in [-0.2, -0.15) is 0 Å². The number of alkyl halides is 1. The zero-order valence-corrected chi connectivity index (χ0v) is 11.9. The van der Waals surface area contributed by atoms with Crippen LogP contribution in [0.5, 0.6) is 0 Å². The highest BCUT2D eigenvalue weighted by molar-refractivity contribution is 9.09. The molecule has 2 saturated heterocycles. The predicted octanol–water partition coefficient (Wildman–Crippen LogP) is 1.68. The third-order valence-corrected chi connectivity index (χ3v) is 5.72. The lowest BCUT2D eigenvalue weighted by Crippen LogP contribution is -2.58. The second kappa shape index (κ2) is 4.80. The number of ether oxygens (including phenoxy) is 1. The van der Waals surface area contributed by atoms with E-state index in [-0.39, 0.29) is 12.7 Å². The third kappa shape index (κ3) is 2.18. The van der Waals surface area contributed by atoms with Gasteiger partial charge in [0.1, 0.15) is 0 Å². The van der Waals surface area contributed by atoms with Crippen molar-refractivity contribution in [2.45, 2.75) is 61.7 Å². The quantitative estimate of drug-likeness (QED) is 0.724. The molecule has 7 atom stereocenters. The maximum Gasteiger partial charge on any atom is 0.0814 e. The Hall–Kier alpha value is 0.360. The van der Waals surface area contributed by atoms with Crippen LogP contribution in [0.1, 0.15) is 32.6 Å². The lowest BCUT2D eigenvalue weighted by atomic mass is 9.71. The lowest BCUT2D eigenvalue weighted by molar-refractivity contribution is -0.0582. The standard InChI is InChI=1S/C13H22BrNO2/c1-7-10-5-9(6-16)17-13(10)11-4-8(14)2-3-12(11)15-7/h7-13,15-16H,2-6H2,1H3/t7?,8?,9-,10?,11?,12?,13?/m0/s1. The molecule has 3 fully saturated rings. The number of fused-ring (bicyclic) bond motifs is 3. The number of aliphatic hydroxyl groups is 1. The van der Waals surface area contributed by atoms with Crippen molar-refractivity contribution in [1.29, 1.82) is 0 Å². The highest BCUT2D eigenvalue weighted by Gasteiger charge is 2.50. The Bertz CT molecular complexity index is 289. The first-order valence-corrected chi connectivity index (χ1v) is 7.77. The summed E-state index contributed by atoms with van der Waals surface area (Å²) in [4.78, 5) is 0.649. The first-order valence-electron chi connectivity index (χ1n) is 6.85. The normalized spacial score (nSPS) is 54.2. The second-order valence-electron chi connectivity index (χ2n) is 5.94. The van der Waals surface area contributed by atoms with Crippen molar-refractivity contribution >= 4 is 15.9 Å². The van der Waals surface area contributed by atoms with Crippen molar-refractivity contribution in [2.24, 2.45) is 11.8 Å². The van der Waals surface area contributed by atoms with Crippen molar-refractivity contribution in [2.75, 3.05) is 6.61 Å². The molecule has 0 radical (unpaired) electrons. The fourth-order valence-corrected chi connectivity index (χ4v) is 4.72. The van der Waals surface area contributed by atoms with Gasteiger partial charge in [0.25, 0.3) is 0 Å². The molecule has 3 aliphatic rings. The van der Waals surface area contributed by atoms with Crippen LogP contribution < -0.4 is 5.32 Å². The smallest absolute Gasteiger partial charge is 0.0814 e. The second-order valence-corrected chi connectivity index (χ2v) is 7.24. The van der Waals surface area contributed by atoms with E-state index in [2.05, 4.69) is 28.2 Å². The van der Waals surface area contributed by atoms with Crippen LogP contribution >= 0.6 is 15.9 Å². The first-order chi connectivity index (χ1) is 8.19. The largest absolute Gasteiger partial charge is 0.394 e. The highest BCUT2D eigenvalue weighted by atomic mass is 79.9. The van der Waals surface area contributed by atoms with E-state index >= 15 is 0 Å². The van der Waals surface area contributed by atoms with Crippen molar-refractivity contribution in [3.8, 4) is 0 Å². The molecule has 0 amide bonds. The molecular formula is C13H22BrNO2. The summed E-state index contributed by atoms with van der Waals surface area (Å²) in [5, 5.41) is 13.1. The zero-order valence-electron chi connectivity index (χ0n) is 10.3. The molecule has 1 saturated carbocycles. The van der Waals surface area contributed by atoms with Gasteiger partial charge in [0.2, 0.25) is 0 Å². The first kappa shape index (κ1) is 12.4. The number of halogens is 1. The Morgan fingerprint density at radius 3 is 2.88 bits per heavy atom. The molecule has 4 heteroatoms. The van der Waals surface area contributed by atoms with Crippen LogP contribution in [0.2, 0.25) is 0 Å². The van der Waals surface area contributed by atoms with Crippen LogP contribution in [-0.4, -0.2) is 40.8 Å². The SMILES string of the molecule is CC1NC2CCC(Br)CC2C2O[C@H](CO)CC12. The van der Waals surface area contributed by atoms with E-state index in [1.54, 1.807) is 0 Å². The molecule has 3 rings (SSSR count). The van der Waals surface area contributed by atoms with Gasteiger partial charge in [0.15, 0.2) is 0 Å². The molecule has 17 heavy (non-hydrogen) atoms. The van der Waals surface area contributed by atoms with Gasteiger partial charge in [0, 0.05) is 28.7 Å². The summed E-state index contributed by atoms with van der Waals surface area (Å²) in [6.07, 6.45) is 5.19. The van der Waals surface area contributed by atoms with Crippen LogP contribution in [0.25, 0.3) is 0 Å². The van der Waals surface area contributed by atoms with Crippen molar-refractivity contribution in [3.05, 3.63) is 0 Å². The van der Waals surface area contributed by atoms with Crippen LogP contribution in [0.3, 0.4) is 0 Å². The molecule has 2 N–H and O–H groups in total. The van der Waals surface area contributed by atoms with Crippen LogP contribution in [0.4, 0.5) is 0 Å². The van der Waals surface area contributed by atoms with E-state index < -0.39 is 0 Å². The van der Waals surface area contributed by atoms with Gasteiger partial charge in [0.05, 0.1) is 18.8 Å². The van der Waals surface area contributed by atoms with E-state index in [1.165, 1.54) is 19.3 Å². The molecule has 2 aliphatic heterocycles.